The number of hydrogen-bond donors (Lipinski definition) is 1. The smallest absolute Gasteiger partial charge is 0.136 e. The van der Waals surface area contributed by atoms with Crippen LogP contribution >= 0.6 is 35.1 Å². The van der Waals surface area contributed by atoms with Crippen LogP contribution in [-0.2, 0) is 10.8 Å². The van der Waals surface area contributed by atoms with Crippen LogP contribution in [0.3, 0.4) is 0 Å². The number of halogens is 4. The summed E-state index contributed by atoms with van der Waals surface area (Å²) in [5.74, 6) is -0.857. The zero-order chi connectivity index (χ0) is 20.3. The van der Waals surface area contributed by atoms with E-state index in [4.69, 9.17) is 23.2 Å². The van der Waals surface area contributed by atoms with E-state index >= 15 is 0 Å². The van der Waals surface area contributed by atoms with Gasteiger partial charge in [-0.25, -0.2) is 13.8 Å². The number of nitrogens with one attached hydrogen (secondary N) is 1. The number of nitrogens with zero attached hydrogens (tertiary/aromatic N) is 1. The van der Waals surface area contributed by atoms with Crippen molar-refractivity contribution in [3.05, 3.63) is 87.5 Å². The van der Waals surface area contributed by atoms with E-state index < -0.39 is 27.7 Å². The molecule has 0 aliphatic carbocycles. The third kappa shape index (κ3) is 4.66. The summed E-state index contributed by atoms with van der Waals surface area (Å²) >= 11 is 13.5. The molecule has 0 bridgehead atoms. The van der Waals surface area contributed by atoms with Crippen LogP contribution in [-0.4, -0.2) is 15.4 Å². The van der Waals surface area contributed by atoms with Crippen molar-refractivity contribution in [3.63, 3.8) is 0 Å². The van der Waals surface area contributed by atoms with Gasteiger partial charge in [0.25, 0.3) is 0 Å². The van der Waals surface area contributed by atoms with Crippen LogP contribution < -0.4 is 4.72 Å². The van der Waals surface area contributed by atoms with Crippen LogP contribution in [0.1, 0.15) is 16.4 Å². The van der Waals surface area contributed by atoms with Crippen LogP contribution in [0.4, 0.5) is 14.6 Å². The second-order valence-electron chi connectivity index (χ2n) is 5.69. The normalized spacial score (nSPS) is 13.2. The van der Waals surface area contributed by atoms with Crippen LogP contribution in [0.2, 0.25) is 10.0 Å². The lowest BCUT2D eigenvalue weighted by atomic mass is 10.0. The van der Waals surface area contributed by atoms with Gasteiger partial charge in [-0.3, -0.25) is 4.21 Å². The van der Waals surface area contributed by atoms with Crippen LogP contribution in [0.25, 0.3) is 0 Å². The Balaban J connectivity index is 2.20. The summed E-state index contributed by atoms with van der Waals surface area (Å²) in [6.07, 6.45) is 3.20. The highest BCUT2D eigenvalue weighted by Gasteiger charge is 2.28. The molecule has 3 nitrogen and oxygen atoms in total. The second-order valence-corrected chi connectivity index (χ2v) is 8.69. The standard InChI is InChI=1S/C19H14Cl2F2N2OS2/c1-27-25-18-9-14(16(21)10-24-18)19(15-8-12(22)4-7-17(15)23)28(26)13-5-2-11(20)3-6-13/h2-10,19H,1H3,(H,24,25). The van der Waals surface area contributed by atoms with Crippen molar-refractivity contribution in [1.29, 1.82) is 0 Å². The summed E-state index contributed by atoms with van der Waals surface area (Å²) in [6.45, 7) is 0. The Hall–Kier alpha value is -1.67. The van der Waals surface area contributed by atoms with Crippen LogP contribution in [0.5, 0.6) is 0 Å². The fourth-order valence-corrected chi connectivity index (χ4v) is 4.87. The molecule has 0 aliphatic rings. The predicted octanol–water partition coefficient (Wildman–Crippen LogP) is 6.25. The molecule has 2 unspecified atom stereocenters. The Morgan fingerprint density at radius 3 is 2.46 bits per heavy atom. The molecule has 2 atom stereocenters. The first-order valence-corrected chi connectivity index (χ1v) is 11.2. The molecule has 2 aromatic carbocycles. The lowest BCUT2D eigenvalue weighted by Crippen LogP contribution is -2.12. The van der Waals surface area contributed by atoms with Crippen molar-refractivity contribution < 1.29 is 13.0 Å². The molecule has 0 fully saturated rings. The first-order chi connectivity index (χ1) is 13.4. The van der Waals surface area contributed by atoms with Gasteiger partial charge in [0.15, 0.2) is 0 Å². The SMILES string of the molecule is CSNc1cc(C(c2cc(F)ccc2F)S(=O)c2ccc(Cl)cc2)c(Cl)cn1. The topological polar surface area (TPSA) is 42.0 Å². The average Bonchev–Trinajstić information content (AvgIpc) is 2.68. The molecule has 28 heavy (non-hydrogen) atoms. The number of hydrogen-bond acceptors (Lipinski definition) is 4. The molecule has 1 N–H and O–H groups in total. The van der Waals surface area contributed by atoms with E-state index in [9.17, 15) is 13.0 Å². The van der Waals surface area contributed by atoms with Gasteiger partial charge in [0.05, 0.1) is 21.1 Å². The lowest BCUT2D eigenvalue weighted by Gasteiger charge is -2.20. The van der Waals surface area contributed by atoms with Crippen LogP contribution in [0, 0.1) is 11.6 Å². The maximum absolute atomic E-state index is 14.6. The molecule has 0 amide bonds. The Kier molecular flexibility index (Phi) is 6.93. The Morgan fingerprint density at radius 2 is 1.79 bits per heavy atom. The van der Waals surface area contributed by atoms with Gasteiger partial charge in [0, 0.05) is 27.9 Å². The monoisotopic (exact) mass is 458 g/mol. The largest absolute Gasteiger partial charge is 0.315 e. The summed E-state index contributed by atoms with van der Waals surface area (Å²) in [4.78, 5) is 4.55. The molecule has 0 spiro atoms. The van der Waals surface area contributed by atoms with Crippen molar-refractivity contribution in [2.75, 3.05) is 11.0 Å². The van der Waals surface area contributed by atoms with Gasteiger partial charge in [-0.2, -0.15) is 0 Å². The quantitative estimate of drug-likeness (QED) is 0.443. The number of pyridine rings is 1. The third-order valence-corrected chi connectivity index (χ3v) is 6.53. The Labute approximate surface area is 178 Å². The molecule has 0 aliphatic heterocycles. The van der Waals surface area contributed by atoms with Gasteiger partial charge in [-0.05, 0) is 54.1 Å². The van der Waals surface area contributed by atoms with Gasteiger partial charge in [0.2, 0.25) is 0 Å². The fraction of sp³-hybridized carbons (Fsp3) is 0.105. The van der Waals surface area contributed by atoms with Gasteiger partial charge in [-0.1, -0.05) is 35.1 Å². The highest BCUT2D eigenvalue weighted by molar-refractivity contribution is 7.99. The third-order valence-electron chi connectivity index (χ3n) is 3.87. The first-order valence-electron chi connectivity index (χ1n) is 7.96. The molecule has 146 valence electrons. The number of rotatable bonds is 6. The maximum Gasteiger partial charge on any atom is 0.136 e. The number of anilines is 1. The summed E-state index contributed by atoms with van der Waals surface area (Å²) in [7, 11) is -1.78. The summed E-state index contributed by atoms with van der Waals surface area (Å²) < 4.78 is 44.9. The minimum atomic E-state index is -1.78. The van der Waals surface area contributed by atoms with E-state index in [2.05, 4.69) is 9.71 Å². The molecule has 0 saturated carbocycles. The van der Waals surface area contributed by atoms with Gasteiger partial charge in [0.1, 0.15) is 17.5 Å². The molecule has 3 aromatic rings. The molecule has 3 rings (SSSR count). The second kappa shape index (κ2) is 9.22. The molecule has 1 aromatic heterocycles. The number of benzene rings is 2. The Morgan fingerprint density at radius 1 is 1.07 bits per heavy atom. The van der Waals surface area contributed by atoms with Crippen molar-refractivity contribution in [2.24, 2.45) is 0 Å². The van der Waals surface area contributed by atoms with E-state index in [1.54, 1.807) is 30.3 Å². The van der Waals surface area contributed by atoms with Crippen molar-refractivity contribution in [1.82, 2.24) is 4.98 Å². The van der Waals surface area contributed by atoms with Gasteiger partial charge < -0.3 is 4.72 Å². The molecule has 9 heteroatoms. The summed E-state index contributed by atoms with van der Waals surface area (Å²) in [6, 6.07) is 11.0. The average molecular weight is 459 g/mol. The predicted molar refractivity (Wildman–Crippen MR) is 112 cm³/mol. The highest BCUT2D eigenvalue weighted by atomic mass is 35.5. The van der Waals surface area contributed by atoms with Crippen molar-refractivity contribution >= 4 is 51.8 Å². The molecule has 0 saturated heterocycles. The zero-order valence-electron chi connectivity index (χ0n) is 14.5. The molecular formula is C19H14Cl2F2N2OS2. The summed E-state index contributed by atoms with van der Waals surface area (Å²) in [5.41, 5.74) is 0.308. The minimum Gasteiger partial charge on any atom is -0.315 e. The van der Waals surface area contributed by atoms with Crippen molar-refractivity contribution in [3.8, 4) is 0 Å². The van der Waals surface area contributed by atoms with Gasteiger partial charge in [-0.15, -0.1) is 0 Å². The number of aromatic nitrogens is 1. The maximum atomic E-state index is 14.6. The van der Waals surface area contributed by atoms with Gasteiger partial charge >= 0.3 is 0 Å². The highest BCUT2D eigenvalue weighted by Crippen LogP contribution is 2.38. The van der Waals surface area contributed by atoms with Crippen LogP contribution in [0.15, 0.2) is 59.6 Å². The fourth-order valence-electron chi connectivity index (χ4n) is 2.63. The van der Waals surface area contributed by atoms with E-state index in [0.717, 1.165) is 18.2 Å². The first kappa shape index (κ1) is 21.0. The molecular weight excluding hydrogens is 445 g/mol. The minimum absolute atomic E-state index is 0.0588. The van der Waals surface area contributed by atoms with Crippen molar-refractivity contribution in [2.45, 2.75) is 10.1 Å². The molecule has 1 heterocycles. The molecule has 0 radical (unpaired) electrons. The zero-order valence-corrected chi connectivity index (χ0v) is 17.6. The van der Waals surface area contributed by atoms with E-state index in [1.165, 1.54) is 18.1 Å². The van der Waals surface area contributed by atoms with E-state index in [1.807, 2.05) is 6.26 Å². The Bertz CT molecular complexity index is 1020. The van der Waals surface area contributed by atoms with E-state index in [-0.39, 0.29) is 10.6 Å². The lowest BCUT2D eigenvalue weighted by molar-refractivity contribution is 0.585. The van der Waals surface area contributed by atoms with E-state index in [0.29, 0.717) is 21.3 Å². The summed E-state index contributed by atoms with van der Waals surface area (Å²) in [5, 5.41) is -0.375.